The lowest BCUT2D eigenvalue weighted by Crippen LogP contribution is -2.54. The van der Waals surface area contributed by atoms with Crippen molar-refractivity contribution in [1.29, 1.82) is 0 Å². The van der Waals surface area contributed by atoms with Crippen LogP contribution in [0.15, 0.2) is 0 Å². The lowest BCUT2D eigenvalue weighted by molar-refractivity contribution is -0.138. The van der Waals surface area contributed by atoms with Gasteiger partial charge in [-0.3, -0.25) is 4.79 Å². The number of hydrogen-bond donors (Lipinski definition) is 1. The molecule has 3 atom stereocenters. The predicted molar refractivity (Wildman–Crippen MR) is 69.8 cm³/mol. The van der Waals surface area contributed by atoms with Crippen molar-refractivity contribution in [2.45, 2.75) is 64.5 Å². The zero-order valence-corrected chi connectivity index (χ0v) is 11.2. The van der Waals surface area contributed by atoms with Crippen molar-refractivity contribution < 1.29 is 4.79 Å². The zero-order chi connectivity index (χ0) is 12.3. The Morgan fingerprint density at radius 2 is 2.18 bits per heavy atom. The number of amides is 1. The highest BCUT2D eigenvalue weighted by Crippen LogP contribution is 2.23. The molecule has 2 heterocycles. The van der Waals surface area contributed by atoms with E-state index in [-0.39, 0.29) is 6.04 Å². The summed E-state index contributed by atoms with van der Waals surface area (Å²) in [6.07, 6.45) is 7.01. The van der Waals surface area contributed by atoms with Gasteiger partial charge in [0.1, 0.15) is 0 Å². The molecule has 0 aliphatic carbocycles. The number of carbonyl (C=O) groups is 1. The lowest BCUT2D eigenvalue weighted by Gasteiger charge is -2.39. The Morgan fingerprint density at radius 3 is 2.88 bits per heavy atom. The molecule has 3 unspecified atom stereocenters. The van der Waals surface area contributed by atoms with Crippen LogP contribution in [0.4, 0.5) is 0 Å². The second-order valence-corrected chi connectivity index (χ2v) is 5.73. The Morgan fingerprint density at radius 1 is 1.35 bits per heavy atom. The third-order valence-corrected chi connectivity index (χ3v) is 4.35. The van der Waals surface area contributed by atoms with Crippen LogP contribution in [-0.2, 0) is 4.79 Å². The number of rotatable bonds is 2. The van der Waals surface area contributed by atoms with Crippen LogP contribution in [0.3, 0.4) is 0 Å². The summed E-state index contributed by atoms with van der Waals surface area (Å²) in [6, 6.07) is 0.584. The van der Waals surface area contributed by atoms with Crippen LogP contribution in [0, 0.1) is 5.92 Å². The van der Waals surface area contributed by atoms with Gasteiger partial charge in [0, 0.05) is 12.6 Å². The molecule has 2 aliphatic heterocycles. The van der Waals surface area contributed by atoms with Gasteiger partial charge in [-0.25, -0.2) is 0 Å². The van der Waals surface area contributed by atoms with Crippen molar-refractivity contribution >= 4 is 5.91 Å². The van der Waals surface area contributed by atoms with Crippen LogP contribution in [0.25, 0.3) is 0 Å². The number of piperidine rings is 2. The van der Waals surface area contributed by atoms with E-state index < -0.39 is 0 Å². The average molecular weight is 238 g/mol. The van der Waals surface area contributed by atoms with Gasteiger partial charge in [0.05, 0.1) is 6.04 Å². The van der Waals surface area contributed by atoms with Gasteiger partial charge in [-0.15, -0.1) is 0 Å². The van der Waals surface area contributed by atoms with Crippen LogP contribution >= 0.6 is 0 Å². The minimum Gasteiger partial charge on any atom is -0.338 e. The number of nitrogens with zero attached hydrogens (tertiary/aromatic N) is 1. The monoisotopic (exact) mass is 238 g/mol. The number of nitrogens with one attached hydrogen (secondary N) is 1. The molecule has 3 heteroatoms. The number of carbonyl (C=O) groups excluding carboxylic acids is 1. The van der Waals surface area contributed by atoms with Gasteiger partial charge in [-0.05, 0) is 51.0 Å². The maximum Gasteiger partial charge on any atom is 0.239 e. The minimum atomic E-state index is 0.0888. The third kappa shape index (κ3) is 3.01. The zero-order valence-electron chi connectivity index (χ0n) is 11.2. The fourth-order valence-electron chi connectivity index (χ4n) is 3.21. The summed E-state index contributed by atoms with van der Waals surface area (Å²) in [7, 11) is 0. The molecule has 2 saturated heterocycles. The van der Waals surface area contributed by atoms with Gasteiger partial charge in [-0.1, -0.05) is 13.8 Å². The van der Waals surface area contributed by atoms with Crippen LogP contribution in [-0.4, -0.2) is 36.0 Å². The normalized spacial score (nSPS) is 34.7. The highest BCUT2D eigenvalue weighted by atomic mass is 16.2. The molecule has 1 amide bonds. The molecule has 2 rings (SSSR count). The maximum atomic E-state index is 12.5. The van der Waals surface area contributed by atoms with Crippen LogP contribution < -0.4 is 5.32 Å². The Labute approximate surface area is 105 Å². The Hall–Kier alpha value is -0.570. The lowest BCUT2D eigenvalue weighted by atomic mass is 9.92. The molecule has 0 bridgehead atoms. The minimum absolute atomic E-state index is 0.0888. The first-order chi connectivity index (χ1) is 8.22. The number of hydrogen-bond acceptors (Lipinski definition) is 2. The molecule has 1 N–H and O–H groups in total. The topological polar surface area (TPSA) is 32.3 Å². The Bertz CT molecular complexity index is 267. The van der Waals surface area contributed by atoms with Crippen LogP contribution in [0.5, 0.6) is 0 Å². The standard InChI is InChI=1S/C14H26N2O/c1-3-12-6-4-5-9-16(12)14(17)13-10-11(2)7-8-15-13/h11-13,15H,3-10H2,1-2H3. The van der Waals surface area contributed by atoms with Crippen molar-refractivity contribution in [3.05, 3.63) is 0 Å². The van der Waals surface area contributed by atoms with Crippen molar-refractivity contribution in [3.63, 3.8) is 0 Å². The van der Waals surface area contributed by atoms with E-state index in [0.29, 0.717) is 17.9 Å². The Balaban J connectivity index is 1.97. The average Bonchev–Trinajstić information content (AvgIpc) is 2.38. The van der Waals surface area contributed by atoms with Crippen molar-refractivity contribution in [1.82, 2.24) is 10.2 Å². The van der Waals surface area contributed by atoms with Gasteiger partial charge in [0.15, 0.2) is 0 Å². The van der Waals surface area contributed by atoms with Crippen molar-refractivity contribution in [3.8, 4) is 0 Å². The summed E-state index contributed by atoms with van der Waals surface area (Å²) in [5.74, 6) is 1.05. The molecule has 0 aromatic carbocycles. The van der Waals surface area contributed by atoms with Crippen LogP contribution in [0.1, 0.15) is 52.4 Å². The van der Waals surface area contributed by atoms with E-state index in [9.17, 15) is 4.79 Å². The molecule has 0 aromatic heterocycles. The van der Waals surface area contributed by atoms with E-state index in [1.54, 1.807) is 0 Å². The highest BCUT2D eigenvalue weighted by Gasteiger charge is 2.32. The summed E-state index contributed by atoms with van der Waals surface area (Å²) in [6.45, 7) is 6.44. The summed E-state index contributed by atoms with van der Waals surface area (Å²) < 4.78 is 0. The van der Waals surface area contributed by atoms with Crippen molar-refractivity contribution in [2.75, 3.05) is 13.1 Å². The SMILES string of the molecule is CCC1CCCCN1C(=O)C1CC(C)CCN1. The van der Waals surface area contributed by atoms with Gasteiger partial charge >= 0.3 is 0 Å². The first kappa shape index (κ1) is 12.9. The van der Waals surface area contributed by atoms with E-state index in [0.717, 1.165) is 25.9 Å². The molecule has 0 radical (unpaired) electrons. The summed E-state index contributed by atoms with van der Waals surface area (Å²) in [5, 5.41) is 3.40. The van der Waals surface area contributed by atoms with E-state index in [2.05, 4.69) is 24.1 Å². The maximum absolute atomic E-state index is 12.5. The molecule has 0 aromatic rings. The highest BCUT2D eigenvalue weighted by molar-refractivity contribution is 5.82. The van der Waals surface area contributed by atoms with Gasteiger partial charge < -0.3 is 10.2 Å². The molecule has 98 valence electrons. The molecule has 3 nitrogen and oxygen atoms in total. The predicted octanol–water partition coefficient (Wildman–Crippen LogP) is 2.17. The Kier molecular flexibility index (Phi) is 4.43. The summed E-state index contributed by atoms with van der Waals surface area (Å²) in [5.41, 5.74) is 0. The first-order valence-electron chi connectivity index (χ1n) is 7.26. The van der Waals surface area contributed by atoms with E-state index in [1.165, 1.54) is 25.7 Å². The second-order valence-electron chi connectivity index (χ2n) is 5.73. The molecule has 0 saturated carbocycles. The fraction of sp³-hybridized carbons (Fsp3) is 0.929. The summed E-state index contributed by atoms with van der Waals surface area (Å²) >= 11 is 0. The van der Waals surface area contributed by atoms with Gasteiger partial charge in [-0.2, -0.15) is 0 Å². The largest absolute Gasteiger partial charge is 0.338 e. The summed E-state index contributed by atoms with van der Waals surface area (Å²) in [4.78, 5) is 14.7. The molecule has 2 fully saturated rings. The van der Waals surface area contributed by atoms with E-state index in [1.807, 2.05) is 0 Å². The second kappa shape index (κ2) is 5.85. The smallest absolute Gasteiger partial charge is 0.239 e. The molecular formula is C14H26N2O. The van der Waals surface area contributed by atoms with Crippen LogP contribution in [0.2, 0.25) is 0 Å². The molecular weight excluding hydrogens is 212 g/mol. The van der Waals surface area contributed by atoms with E-state index in [4.69, 9.17) is 0 Å². The molecule has 0 spiro atoms. The van der Waals surface area contributed by atoms with Crippen molar-refractivity contribution in [2.24, 2.45) is 5.92 Å². The number of likely N-dealkylation sites (tertiary alicyclic amines) is 1. The van der Waals surface area contributed by atoms with E-state index >= 15 is 0 Å². The molecule has 2 aliphatic rings. The quantitative estimate of drug-likeness (QED) is 0.799. The fourth-order valence-corrected chi connectivity index (χ4v) is 3.21. The molecule has 17 heavy (non-hydrogen) atoms. The van der Waals surface area contributed by atoms with Gasteiger partial charge in [0.2, 0.25) is 5.91 Å². The van der Waals surface area contributed by atoms with Gasteiger partial charge in [0.25, 0.3) is 0 Å². The first-order valence-corrected chi connectivity index (χ1v) is 7.26. The third-order valence-electron chi connectivity index (χ3n) is 4.35.